The van der Waals surface area contributed by atoms with Crippen LogP contribution in [0.4, 0.5) is 5.13 Å². The van der Waals surface area contributed by atoms with E-state index in [4.69, 9.17) is 15.3 Å². The van der Waals surface area contributed by atoms with Gasteiger partial charge >= 0.3 is 11.9 Å². The van der Waals surface area contributed by atoms with Crippen molar-refractivity contribution < 1.29 is 33.9 Å². The van der Waals surface area contributed by atoms with Crippen LogP contribution in [0.15, 0.2) is 34.6 Å². The summed E-state index contributed by atoms with van der Waals surface area (Å²) in [6.07, 6.45) is 1.00. The number of nitrogen functional groups attached to an aromatic ring is 1. The number of thiazole rings is 1. The number of β-lactam (4-membered cyclic amide) rings is 1. The quantitative estimate of drug-likeness (QED) is 0.154. The summed E-state index contributed by atoms with van der Waals surface area (Å²) < 4.78 is 4.88. The first-order chi connectivity index (χ1) is 14.7. The molecule has 0 unspecified atom stereocenters. The molecule has 3 heterocycles. The highest BCUT2D eigenvalue weighted by molar-refractivity contribution is 8.00. The lowest BCUT2D eigenvalue weighted by Gasteiger charge is -2.49. The Balaban J connectivity index is 1.78. The number of thioether (sulfide) groups is 1. The van der Waals surface area contributed by atoms with Crippen molar-refractivity contribution in [3.63, 3.8) is 0 Å². The zero-order valence-corrected chi connectivity index (χ0v) is 17.7. The van der Waals surface area contributed by atoms with Crippen LogP contribution in [-0.4, -0.2) is 68.2 Å². The van der Waals surface area contributed by atoms with Crippen molar-refractivity contribution in [2.45, 2.75) is 18.3 Å². The fourth-order valence-electron chi connectivity index (χ4n) is 2.88. The molecule has 2 aliphatic heterocycles. The SMILES string of the molecule is C=CON=C(C(=O)N[C@@H]1C(=O)N2C(C(=O)O)=C(COC(C)=O)CS[C@H]12)c1csc(N)n1. The zero-order valence-electron chi connectivity index (χ0n) is 16.1. The lowest BCUT2D eigenvalue weighted by molar-refractivity contribution is -0.150. The summed E-state index contributed by atoms with van der Waals surface area (Å²) in [6, 6.07) is -0.993. The van der Waals surface area contributed by atoms with Crippen molar-refractivity contribution in [3.05, 3.63) is 35.2 Å². The molecular formula is C17H17N5O7S2. The van der Waals surface area contributed by atoms with Crippen LogP contribution in [0.5, 0.6) is 0 Å². The summed E-state index contributed by atoms with van der Waals surface area (Å²) in [5.74, 6) is -3.06. The summed E-state index contributed by atoms with van der Waals surface area (Å²) in [4.78, 5) is 58.0. The number of fused-ring (bicyclic) bond motifs is 1. The van der Waals surface area contributed by atoms with Gasteiger partial charge in [0, 0.05) is 23.6 Å². The van der Waals surface area contributed by atoms with Gasteiger partial charge in [0.1, 0.15) is 35.7 Å². The van der Waals surface area contributed by atoms with E-state index in [2.05, 4.69) is 22.0 Å². The summed E-state index contributed by atoms with van der Waals surface area (Å²) >= 11 is 2.32. The molecule has 2 amide bonds. The number of nitrogens with zero attached hydrogens (tertiary/aromatic N) is 3. The molecule has 1 aromatic heterocycles. The molecule has 1 fully saturated rings. The number of amides is 2. The van der Waals surface area contributed by atoms with Crippen LogP contribution in [0.1, 0.15) is 12.6 Å². The number of oxime groups is 1. The largest absolute Gasteiger partial charge is 0.477 e. The van der Waals surface area contributed by atoms with Crippen molar-refractivity contribution in [2.24, 2.45) is 5.16 Å². The first-order valence-electron chi connectivity index (χ1n) is 8.65. The molecule has 2 atom stereocenters. The molecule has 2 aliphatic rings. The van der Waals surface area contributed by atoms with E-state index in [-0.39, 0.29) is 34.6 Å². The molecule has 1 aromatic rings. The second kappa shape index (κ2) is 9.18. The molecule has 12 nitrogen and oxygen atoms in total. The van der Waals surface area contributed by atoms with Gasteiger partial charge in [-0.05, 0) is 0 Å². The van der Waals surface area contributed by atoms with Crippen molar-refractivity contribution >= 4 is 57.7 Å². The Labute approximate surface area is 183 Å². The Morgan fingerprint density at radius 2 is 2.26 bits per heavy atom. The van der Waals surface area contributed by atoms with Crippen molar-refractivity contribution in [1.82, 2.24) is 15.2 Å². The van der Waals surface area contributed by atoms with Gasteiger partial charge in [0.15, 0.2) is 10.8 Å². The normalized spacial score (nSPS) is 20.5. The number of hydrogen-bond acceptors (Lipinski definition) is 11. The molecular weight excluding hydrogens is 450 g/mol. The van der Waals surface area contributed by atoms with Gasteiger partial charge in [-0.15, -0.1) is 23.1 Å². The Kier molecular flexibility index (Phi) is 6.60. The monoisotopic (exact) mass is 467 g/mol. The number of ether oxygens (including phenoxy) is 1. The molecule has 0 bridgehead atoms. The number of aliphatic carboxylic acids is 1. The van der Waals surface area contributed by atoms with Gasteiger partial charge in [-0.25, -0.2) is 9.78 Å². The van der Waals surface area contributed by atoms with E-state index >= 15 is 0 Å². The van der Waals surface area contributed by atoms with Gasteiger partial charge in [0.05, 0.1) is 0 Å². The van der Waals surface area contributed by atoms with Crippen LogP contribution >= 0.6 is 23.1 Å². The molecule has 1 saturated heterocycles. The third kappa shape index (κ3) is 4.54. The van der Waals surface area contributed by atoms with Crippen LogP contribution in [0.2, 0.25) is 0 Å². The lowest BCUT2D eigenvalue weighted by Crippen LogP contribution is -2.71. The molecule has 14 heteroatoms. The molecule has 0 aliphatic carbocycles. The lowest BCUT2D eigenvalue weighted by atomic mass is 10.0. The standard InChI is InChI=1S/C17H17N5O7S2/c1-3-29-21-10(9-6-31-17(18)19-9)13(24)20-11-14(25)22-12(16(26)27)8(4-28-7(2)23)5-30-15(11)22/h3,6,11,15H,1,4-5H2,2H3,(H2,18,19)(H,20,24)(H,26,27)/t11-,15-/m1/s1. The fourth-order valence-corrected chi connectivity index (χ4v) is 4.76. The molecule has 0 radical (unpaired) electrons. The van der Waals surface area contributed by atoms with Crippen LogP contribution in [-0.2, 0) is 28.8 Å². The maximum atomic E-state index is 12.7. The van der Waals surface area contributed by atoms with E-state index in [9.17, 15) is 24.3 Å². The third-order valence-electron chi connectivity index (χ3n) is 4.18. The molecule has 164 valence electrons. The Bertz CT molecular complexity index is 1020. The second-order valence-electron chi connectivity index (χ2n) is 6.18. The highest BCUT2D eigenvalue weighted by Gasteiger charge is 2.54. The molecule has 4 N–H and O–H groups in total. The van der Waals surface area contributed by atoms with Crippen molar-refractivity contribution in [3.8, 4) is 0 Å². The first-order valence-corrected chi connectivity index (χ1v) is 10.6. The average molecular weight is 467 g/mol. The zero-order chi connectivity index (χ0) is 22.7. The van der Waals surface area contributed by atoms with Gasteiger partial charge in [-0.1, -0.05) is 11.7 Å². The third-order valence-corrected chi connectivity index (χ3v) is 6.20. The summed E-state index contributed by atoms with van der Waals surface area (Å²) in [6.45, 7) is 4.31. The van der Waals surface area contributed by atoms with Crippen LogP contribution in [0, 0.1) is 0 Å². The smallest absolute Gasteiger partial charge is 0.352 e. The molecule has 0 saturated carbocycles. The summed E-state index contributed by atoms with van der Waals surface area (Å²) in [5, 5.41) is 16.8. The Morgan fingerprint density at radius 1 is 1.52 bits per heavy atom. The van der Waals surface area contributed by atoms with E-state index < -0.39 is 35.2 Å². The van der Waals surface area contributed by atoms with E-state index in [1.165, 1.54) is 24.1 Å². The van der Waals surface area contributed by atoms with E-state index in [1.54, 1.807) is 0 Å². The van der Waals surface area contributed by atoms with Gasteiger partial charge in [0.25, 0.3) is 11.8 Å². The number of rotatable bonds is 8. The average Bonchev–Trinajstić information content (AvgIpc) is 3.15. The number of carboxylic acids is 1. The number of hydrogen-bond donors (Lipinski definition) is 3. The first kappa shape index (κ1) is 22.3. The minimum atomic E-state index is -1.33. The van der Waals surface area contributed by atoms with Gasteiger partial charge < -0.3 is 25.7 Å². The number of carbonyl (C=O) groups excluding carboxylic acids is 3. The maximum absolute atomic E-state index is 12.7. The van der Waals surface area contributed by atoms with Crippen LogP contribution < -0.4 is 11.1 Å². The fraction of sp³-hybridized carbons (Fsp3) is 0.294. The van der Waals surface area contributed by atoms with E-state index in [0.29, 0.717) is 5.57 Å². The van der Waals surface area contributed by atoms with Gasteiger partial charge in [0.2, 0.25) is 0 Å². The molecule has 0 spiro atoms. The number of nitrogens with two attached hydrogens (primary N) is 1. The number of anilines is 1. The highest BCUT2D eigenvalue weighted by Crippen LogP contribution is 2.40. The van der Waals surface area contributed by atoms with Gasteiger partial charge in [-0.3, -0.25) is 19.3 Å². The number of nitrogens with one attached hydrogen (secondary N) is 1. The number of esters is 1. The second-order valence-corrected chi connectivity index (χ2v) is 8.18. The minimum Gasteiger partial charge on any atom is -0.477 e. The Hall–Kier alpha value is -3.39. The highest BCUT2D eigenvalue weighted by atomic mass is 32.2. The summed E-state index contributed by atoms with van der Waals surface area (Å²) in [5.41, 5.74) is 5.57. The number of carbonyl (C=O) groups is 4. The molecule has 3 rings (SSSR count). The van der Waals surface area contributed by atoms with Crippen LogP contribution in [0.25, 0.3) is 0 Å². The van der Waals surface area contributed by atoms with Crippen molar-refractivity contribution in [1.29, 1.82) is 0 Å². The number of carboxylic acid groups (broad SMARTS) is 1. The predicted molar refractivity (Wildman–Crippen MR) is 111 cm³/mol. The Morgan fingerprint density at radius 3 is 2.84 bits per heavy atom. The van der Waals surface area contributed by atoms with E-state index in [1.807, 2.05) is 0 Å². The minimum absolute atomic E-state index is 0.150. The van der Waals surface area contributed by atoms with Crippen molar-refractivity contribution in [2.75, 3.05) is 18.1 Å². The van der Waals surface area contributed by atoms with E-state index in [0.717, 1.165) is 22.5 Å². The topological polar surface area (TPSA) is 174 Å². The van der Waals surface area contributed by atoms with Gasteiger partial charge in [-0.2, -0.15) is 0 Å². The number of aromatic nitrogens is 1. The predicted octanol–water partition coefficient (Wildman–Crippen LogP) is -0.109. The maximum Gasteiger partial charge on any atom is 0.352 e. The molecule has 0 aromatic carbocycles. The van der Waals surface area contributed by atoms with Crippen LogP contribution in [0.3, 0.4) is 0 Å². The summed E-state index contributed by atoms with van der Waals surface area (Å²) in [7, 11) is 0. The molecule has 31 heavy (non-hydrogen) atoms.